The van der Waals surface area contributed by atoms with E-state index in [0.29, 0.717) is 0 Å². The molecule has 0 radical (unpaired) electrons. The number of aromatic nitrogens is 4. The van der Waals surface area contributed by atoms with Crippen molar-refractivity contribution in [3.8, 4) is 0 Å². The monoisotopic (exact) mass is 232 g/mol. The summed E-state index contributed by atoms with van der Waals surface area (Å²) in [5, 5.41) is 10.3. The molecule has 90 valence electrons. The molecule has 0 bridgehead atoms. The largest absolute Gasteiger partial charge is 0.372 e. The number of aryl methyl sites for hydroxylation is 1. The van der Waals surface area contributed by atoms with Crippen LogP contribution < -0.4 is 10.6 Å². The maximum Gasteiger partial charge on any atom is 0.146 e. The van der Waals surface area contributed by atoms with Gasteiger partial charge >= 0.3 is 0 Å². The zero-order valence-electron chi connectivity index (χ0n) is 10.0. The Morgan fingerprint density at radius 1 is 1.24 bits per heavy atom. The van der Waals surface area contributed by atoms with E-state index in [0.717, 1.165) is 24.6 Å². The molecule has 0 saturated carbocycles. The van der Waals surface area contributed by atoms with Crippen LogP contribution in [-0.4, -0.2) is 33.3 Å². The first-order chi connectivity index (χ1) is 8.28. The van der Waals surface area contributed by atoms with Gasteiger partial charge in [0.25, 0.3) is 0 Å². The van der Waals surface area contributed by atoms with E-state index in [4.69, 9.17) is 0 Å². The quantitative estimate of drug-likeness (QED) is 0.802. The molecule has 17 heavy (non-hydrogen) atoms. The number of anilines is 2. The highest BCUT2D eigenvalue weighted by molar-refractivity contribution is 5.40. The van der Waals surface area contributed by atoms with Gasteiger partial charge in [-0.15, -0.1) is 0 Å². The zero-order valence-corrected chi connectivity index (χ0v) is 10.0. The predicted octanol–water partition coefficient (Wildman–Crippen LogP) is 0.906. The third-order valence-electron chi connectivity index (χ3n) is 2.37. The lowest BCUT2D eigenvalue weighted by Crippen LogP contribution is -2.07. The number of nitrogens with one attached hydrogen (secondary N) is 2. The van der Waals surface area contributed by atoms with Crippen LogP contribution in [0.4, 0.5) is 11.6 Å². The molecule has 0 aliphatic heterocycles. The van der Waals surface area contributed by atoms with Crippen molar-refractivity contribution in [2.45, 2.75) is 6.42 Å². The molecule has 2 heterocycles. The van der Waals surface area contributed by atoms with Gasteiger partial charge in [0.2, 0.25) is 0 Å². The SMILES string of the molecule is CNc1cncc(NCCc2cnn(C)c2)n1. The second kappa shape index (κ2) is 5.29. The second-order valence-corrected chi connectivity index (χ2v) is 3.74. The number of rotatable bonds is 5. The summed E-state index contributed by atoms with van der Waals surface area (Å²) in [5.74, 6) is 1.54. The summed E-state index contributed by atoms with van der Waals surface area (Å²) in [6.07, 6.45) is 8.20. The standard InChI is InChI=1S/C11H16N6/c1-12-10-6-13-7-11(16-10)14-4-3-9-5-15-17(2)8-9/h5-8H,3-4H2,1-2H3,(H2,12,14,16). The van der Waals surface area contributed by atoms with Crippen molar-refractivity contribution >= 4 is 11.6 Å². The second-order valence-electron chi connectivity index (χ2n) is 3.74. The van der Waals surface area contributed by atoms with Crippen molar-refractivity contribution in [3.05, 3.63) is 30.4 Å². The minimum absolute atomic E-state index is 0.761. The van der Waals surface area contributed by atoms with Gasteiger partial charge in [-0.25, -0.2) is 4.98 Å². The third kappa shape index (κ3) is 3.17. The van der Waals surface area contributed by atoms with Crippen molar-refractivity contribution in [3.63, 3.8) is 0 Å². The van der Waals surface area contributed by atoms with Crippen LogP contribution in [0.25, 0.3) is 0 Å². The molecule has 0 saturated heterocycles. The lowest BCUT2D eigenvalue weighted by molar-refractivity contribution is 0.767. The van der Waals surface area contributed by atoms with Crippen LogP contribution in [0, 0.1) is 0 Å². The first-order valence-electron chi connectivity index (χ1n) is 5.49. The molecule has 0 unspecified atom stereocenters. The molecule has 0 aromatic carbocycles. The fourth-order valence-electron chi connectivity index (χ4n) is 1.51. The lowest BCUT2D eigenvalue weighted by Gasteiger charge is -2.05. The van der Waals surface area contributed by atoms with E-state index in [9.17, 15) is 0 Å². The molecule has 0 aliphatic carbocycles. The Morgan fingerprint density at radius 2 is 2.06 bits per heavy atom. The first-order valence-corrected chi connectivity index (χ1v) is 5.49. The van der Waals surface area contributed by atoms with E-state index in [1.165, 1.54) is 5.56 Å². The average Bonchev–Trinajstić information content (AvgIpc) is 2.75. The summed E-state index contributed by atoms with van der Waals surface area (Å²) >= 11 is 0. The number of nitrogens with zero attached hydrogens (tertiary/aromatic N) is 4. The first kappa shape index (κ1) is 11.4. The van der Waals surface area contributed by atoms with Gasteiger partial charge in [-0.1, -0.05) is 0 Å². The van der Waals surface area contributed by atoms with Gasteiger partial charge in [0, 0.05) is 26.8 Å². The molecule has 0 spiro atoms. The van der Waals surface area contributed by atoms with Crippen LogP contribution in [0.2, 0.25) is 0 Å². The van der Waals surface area contributed by atoms with E-state index in [1.807, 2.05) is 26.5 Å². The Hall–Kier alpha value is -2.11. The molecule has 0 fully saturated rings. The van der Waals surface area contributed by atoms with Crippen molar-refractivity contribution in [2.75, 3.05) is 24.2 Å². The molecule has 6 heteroatoms. The molecule has 0 amide bonds. The Bertz CT molecular complexity index is 478. The van der Waals surface area contributed by atoms with Crippen LogP contribution in [0.1, 0.15) is 5.56 Å². The minimum Gasteiger partial charge on any atom is -0.372 e. The van der Waals surface area contributed by atoms with E-state index in [-0.39, 0.29) is 0 Å². The van der Waals surface area contributed by atoms with E-state index in [1.54, 1.807) is 17.1 Å². The molecular weight excluding hydrogens is 216 g/mol. The number of hydrogen-bond donors (Lipinski definition) is 2. The van der Waals surface area contributed by atoms with Crippen molar-refractivity contribution < 1.29 is 0 Å². The Balaban J connectivity index is 1.85. The third-order valence-corrected chi connectivity index (χ3v) is 2.37. The fraction of sp³-hybridized carbons (Fsp3) is 0.364. The van der Waals surface area contributed by atoms with Gasteiger partial charge in [-0.3, -0.25) is 9.67 Å². The molecule has 0 aliphatic rings. The molecule has 0 atom stereocenters. The molecule has 2 N–H and O–H groups in total. The Morgan fingerprint density at radius 3 is 2.76 bits per heavy atom. The summed E-state index contributed by atoms with van der Waals surface area (Å²) in [6.45, 7) is 0.813. The van der Waals surface area contributed by atoms with Crippen LogP contribution in [0.3, 0.4) is 0 Å². The van der Waals surface area contributed by atoms with E-state index < -0.39 is 0 Å². The van der Waals surface area contributed by atoms with Gasteiger partial charge in [0.1, 0.15) is 11.6 Å². The molecule has 2 aromatic rings. The maximum absolute atomic E-state index is 4.32. The Kier molecular flexibility index (Phi) is 3.54. The number of hydrogen-bond acceptors (Lipinski definition) is 5. The topological polar surface area (TPSA) is 67.7 Å². The van der Waals surface area contributed by atoms with Crippen LogP contribution >= 0.6 is 0 Å². The lowest BCUT2D eigenvalue weighted by atomic mass is 10.2. The van der Waals surface area contributed by atoms with Gasteiger partial charge in [-0.05, 0) is 12.0 Å². The summed E-state index contributed by atoms with van der Waals surface area (Å²) in [4.78, 5) is 8.40. The Labute approximate surface area is 100 Å². The van der Waals surface area contributed by atoms with Gasteiger partial charge in [0.05, 0.1) is 18.6 Å². The van der Waals surface area contributed by atoms with Crippen molar-refractivity contribution in [1.82, 2.24) is 19.7 Å². The normalized spacial score (nSPS) is 10.2. The van der Waals surface area contributed by atoms with Crippen LogP contribution in [0.15, 0.2) is 24.8 Å². The highest BCUT2D eigenvalue weighted by Crippen LogP contribution is 2.06. The molecule has 6 nitrogen and oxygen atoms in total. The summed E-state index contributed by atoms with van der Waals surface area (Å²) in [7, 11) is 3.74. The smallest absolute Gasteiger partial charge is 0.146 e. The summed E-state index contributed by atoms with van der Waals surface area (Å²) in [5.41, 5.74) is 1.21. The molecular formula is C11H16N6. The van der Waals surface area contributed by atoms with Crippen molar-refractivity contribution in [2.24, 2.45) is 7.05 Å². The minimum atomic E-state index is 0.761. The highest BCUT2D eigenvalue weighted by Gasteiger charge is 1.98. The van der Waals surface area contributed by atoms with E-state index in [2.05, 4.69) is 25.7 Å². The van der Waals surface area contributed by atoms with Gasteiger partial charge in [-0.2, -0.15) is 5.10 Å². The molecule has 2 rings (SSSR count). The molecule has 2 aromatic heterocycles. The zero-order chi connectivity index (χ0) is 12.1. The average molecular weight is 232 g/mol. The van der Waals surface area contributed by atoms with E-state index >= 15 is 0 Å². The van der Waals surface area contributed by atoms with Gasteiger partial charge in [0.15, 0.2) is 0 Å². The van der Waals surface area contributed by atoms with Crippen molar-refractivity contribution in [1.29, 1.82) is 0 Å². The fourth-order valence-corrected chi connectivity index (χ4v) is 1.51. The van der Waals surface area contributed by atoms with Crippen LogP contribution in [0.5, 0.6) is 0 Å². The highest BCUT2D eigenvalue weighted by atomic mass is 15.2. The van der Waals surface area contributed by atoms with Gasteiger partial charge < -0.3 is 10.6 Å². The summed E-state index contributed by atoms with van der Waals surface area (Å²) < 4.78 is 1.80. The van der Waals surface area contributed by atoms with Crippen LogP contribution in [-0.2, 0) is 13.5 Å². The summed E-state index contributed by atoms with van der Waals surface area (Å²) in [6, 6.07) is 0. The predicted molar refractivity (Wildman–Crippen MR) is 67.0 cm³/mol. The maximum atomic E-state index is 4.32.